The summed E-state index contributed by atoms with van der Waals surface area (Å²) in [4.78, 5) is 12.1. The van der Waals surface area contributed by atoms with Crippen molar-refractivity contribution in [3.8, 4) is 0 Å². The number of nitrogen functional groups attached to an aromatic ring is 1. The molecule has 0 aliphatic rings. The summed E-state index contributed by atoms with van der Waals surface area (Å²) < 4.78 is 0.868. The number of nitrogens with zero attached hydrogens (tertiary/aromatic N) is 3. The normalized spacial score (nSPS) is 10.2. The quantitative estimate of drug-likeness (QED) is 0.857. The number of halogens is 1. The molecule has 0 unspecified atom stereocenters. The molecule has 0 aliphatic heterocycles. The summed E-state index contributed by atoms with van der Waals surface area (Å²) in [6.45, 7) is 0. The first-order chi connectivity index (χ1) is 7.25. The van der Waals surface area contributed by atoms with Gasteiger partial charge in [-0.1, -0.05) is 0 Å². The molecule has 4 nitrogen and oxygen atoms in total. The second kappa shape index (κ2) is 4.59. The molecular formula is C9H7BrN4S. The van der Waals surface area contributed by atoms with Crippen molar-refractivity contribution in [1.82, 2.24) is 15.0 Å². The smallest absolute Gasteiger partial charge is 0.125 e. The largest absolute Gasteiger partial charge is 0.397 e. The highest BCUT2D eigenvalue weighted by atomic mass is 79.9. The molecule has 0 aliphatic carbocycles. The van der Waals surface area contributed by atoms with E-state index < -0.39 is 0 Å². The fourth-order valence-electron chi connectivity index (χ4n) is 0.966. The van der Waals surface area contributed by atoms with Crippen LogP contribution in [0.15, 0.2) is 45.4 Å². The van der Waals surface area contributed by atoms with Gasteiger partial charge in [-0.25, -0.2) is 15.0 Å². The van der Waals surface area contributed by atoms with E-state index in [2.05, 4.69) is 30.9 Å². The summed E-state index contributed by atoms with van der Waals surface area (Å²) in [7, 11) is 0. The maximum atomic E-state index is 5.81. The van der Waals surface area contributed by atoms with Crippen molar-refractivity contribution in [1.29, 1.82) is 0 Å². The Kier molecular flexibility index (Phi) is 3.17. The van der Waals surface area contributed by atoms with Gasteiger partial charge in [0.15, 0.2) is 0 Å². The SMILES string of the molecule is Nc1cc(Br)cnc1Sc1ccncn1. The van der Waals surface area contributed by atoms with E-state index in [4.69, 9.17) is 5.73 Å². The van der Waals surface area contributed by atoms with Crippen LogP contribution in [0.3, 0.4) is 0 Å². The summed E-state index contributed by atoms with van der Waals surface area (Å²) in [5.74, 6) is 0. The van der Waals surface area contributed by atoms with Crippen molar-refractivity contribution in [2.45, 2.75) is 10.1 Å². The number of nitrogens with two attached hydrogens (primary N) is 1. The van der Waals surface area contributed by atoms with Gasteiger partial charge in [0.25, 0.3) is 0 Å². The van der Waals surface area contributed by atoms with Crippen LogP contribution >= 0.6 is 27.7 Å². The molecule has 0 bridgehead atoms. The molecule has 2 heterocycles. The fourth-order valence-corrected chi connectivity index (χ4v) is 2.02. The average molecular weight is 283 g/mol. The van der Waals surface area contributed by atoms with E-state index in [1.807, 2.05) is 12.1 Å². The molecule has 0 atom stereocenters. The molecule has 2 aromatic rings. The van der Waals surface area contributed by atoms with Gasteiger partial charge in [-0.3, -0.25) is 0 Å². The zero-order valence-electron chi connectivity index (χ0n) is 7.59. The Morgan fingerprint density at radius 3 is 2.87 bits per heavy atom. The number of hydrogen-bond acceptors (Lipinski definition) is 5. The fraction of sp³-hybridized carbons (Fsp3) is 0. The van der Waals surface area contributed by atoms with Crippen molar-refractivity contribution in [3.63, 3.8) is 0 Å². The first kappa shape index (κ1) is 10.4. The second-order valence-electron chi connectivity index (χ2n) is 2.70. The summed E-state index contributed by atoms with van der Waals surface area (Å²) in [5.41, 5.74) is 6.44. The van der Waals surface area contributed by atoms with Crippen LogP contribution in [0.1, 0.15) is 0 Å². The lowest BCUT2D eigenvalue weighted by atomic mass is 10.4. The van der Waals surface area contributed by atoms with Crippen molar-refractivity contribution < 1.29 is 0 Å². The molecule has 2 N–H and O–H groups in total. The predicted molar refractivity (Wildman–Crippen MR) is 62.5 cm³/mol. The number of rotatable bonds is 2. The maximum Gasteiger partial charge on any atom is 0.125 e. The van der Waals surface area contributed by atoms with Crippen molar-refractivity contribution in [2.24, 2.45) is 0 Å². The van der Waals surface area contributed by atoms with Crippen LogP contribution in [0.25, 0.3) is 0 Å². The van der Waals surface area contributed by atoms with Gasteiger partial charge in [-0.15, -0.1) is 0 Å². The number of aromatic nitrogens is 3. The summed E-state index contributed by atoms with van der Waals surface area (Å²) in [5, 5.41) is 1.57. The van der Waals surface area contributed by atoms with Crippen LogP contribution in [0.5, 0.6) is 0 Å². The topological polar surface area (TPSA) is 64.7 Å². The van der Waals surface area contributed by atoms with E-state index in [1.165, 1.54) is 18.1 Å². The van der Waals surface area contributed by atoms with Gasteiger partial charge in [-0.2, -0.15) is 0 Å². The van der Waals surface area contributed by atoms with Gasteiger partial charge >= 0.3 is 0 Å². The van der Waals surface area contributed by atoms with Crippen LogP contribution in [-0.2, 0) is 0 Å². The van der Waals surface area contributed by atoms with Crippen LogP contribution in [0.4, 0.5) is 5.69 Å². The maximum absolute atomic E-state index is 5.81. The van der Waals surface area contributed by atoms with E-state index in [1.54, 1.807) is 12.4 Å². The zero-order chi connectivity index (χ0) is 10.7. The Labute approximate surface area is 99.5 Å². The molecule has 0 fully saturated rings. The lowest BCUT2D eigenvalue weighted by molar-refractivity contribution is 1.04. The van der Waals surface area contributed by atoms with Crippen molar-refractivity contribution in [3.05, 3.63) is 35.3 Å². The molecule has 6 heteroatoms. The molecular weight excluding hydrogens is 276 g/mol. The third-order valence-electron chi connectivity index (χ3n) is 1.60. The molecule has 0 radical (unpaired) electrons. The van der Waals surface area contributed by atoms with Crippen molar-refractivity contribution >= 4 is 33.4 Å². The molecule has 2 aromatic heterocycles. The lowest BCUT2D eigenvalue weighted by Gasteiger charge is -2.03. The zero-order valence-corrected chi connectivity index (χ0v) is 9.99. The first-order valence-electron chi connectivity index (χ1n) is 4.10. The van der Waals surface area contributed by atoms with Crippen LogP contribution in [-0.4, -0.2) is 15.0 Å². The van der Waals surface area contributed by atoms with Gasteiger partial charge in [0.05, 0.1) is 5.69 Å². The number of anilines is 1. The molecule has 76 valence electrons. The molecule has 15 heavy (non-hydrogen) atoms. The monoisotopic (exact) mass is 282 g/mol. The van der Waals surface area contributed by atoms with E-state index in [9.17, 15) is 0 Å². The summed E-state index contributed by atoms with van der Waals surface area (Å²) in [6, 6.07) is 3.63. The highest BCUT2D eigenvalue weighted by Crippen LogP contribution is 2.29. The standard InChI is InChI=1S/C9H7BrN4S/c10-6-3-7(11)9(13-4-6)15-8-1-2-12-5-14-8/h1-5H,11H2. The number of pyridine rings is 1. The van der Waals surface area contributed by atoms with Gasteiger partial charge < -0.3 is 5.73 Å². The minimum absolute atomic E-state index is 0.632. The van der Waals surface area contributed by atoms with Crippen LogP contribution < -0.4 is 5.73 Å². The van der Waals surface area contributed by atoms with Crippen molar-refractivity contribution in [2.75, 3.05) is 5.73 Å². The Bertz CT molecular complexity index is 463. The van der Waals surface area contributed by atoms with Gasteiger partial charge in [-0.05, 0) is 39.8 Å². The van der Waals surface area contributed by atoms with E-state index in [0.29, 0.717) is 5.69 Å². The van der Waals surface area contributed by atoms with E-state index >= 15 is 0 Å². The third kappa shape index (κ3) is 2.66. The lowest BCUT2D eigenvalue weighted by Crippen LogP contribution is -1.92. The predicted octanol–water partition coefficient (Wildman–Crippen LogP) is 2.37. The minimum Gasteiger partial charge on any atom is -0.397 e. The third-order valence-corrected chi connectivity index (χ3v) is 3.02. The average Bonchev–Trinajstić information content (AvgIpc) is 2.24. The minimum atomic E-state index is 0.632. The van der Waals surface area contributed by atoms with Gasteiger partial charge in [0.1, 0.15) is 16.4 Å². The molecule has 2 rings (SSSR count). The van der Waals surface area contributed by atoms with E-state index in [-0.39, 0.29) is 0 Å². The van der Waals surface area contributed by atoms with Crippen LogP contribution in [0, 0.1) is 0 Å². The summed E-state index contributed by atoms with van der Waals surface area (Å²) in [6.07, 6.45) is 4.89. The Balaban J connectivity index is 2.25. The van der Waals surface area contributed by atoms with Gasteiger partial charge in [0, 0.05) is 16.9 Å². The molecule has 0 amide bonds. The molecule has 0 aromatic carbocycles. The Morgan fingerprint density at radius 2 is 2.20 bits per heavy atom. The van der Waals surface area contributed by atoms with Gasteiger partial charge in [0.2, 0.25) is 0 Å². The first-order valence-corrected chi connectivity index (χ1v) is 5.71. The summed E-state index contributed by atoms with van der Waals surface area (Å²) >= 11 is 4.72. The molecule has 0 saturated heterocycles. The number of hydrogen-bond donors (Lipinski definition) is 1. The highest BCUT2D eigenvalue weighted by Gasteiger charge is 2.04. The Hall–Kier alpha value is -1.14. The molecule has 0 spiro atoms. The highest BCUT2D eigenvalue weighted by molar-refractivity contribution is 9.10. The van der Waals surface area contributed by atoms with Crippen LogP contribution in [0.2, 0.25) is 0 Å². The second-order valence-corrected chi connectivity index (χ2v) is 4.62. The van der Waals surface area contributed by atoms with E-state index in [0.717, 1.165) is 14.5 Å². The molecule has 0 saturated carbocycles. The Morgan fingerprint density at radius 1 is 1.33 bits per heavy atom.